The molecule has 1 N–H and O–H groups in total. The normalized spacial score (nSPS) is 15.0. The first-order valence-electron chi connectivity index (χ1n) is 8.29. The zero-order chi connectivity index (χ0) is 20.3. The quantitative estimate of drug-likeness (QED) is 0.748. The number of methoxy groups -OCH3 is 1. The van der Waals surface area contributed by atoms with E-state index < -0.39 is 12.6 Å². The Morgan fingerprint density at radius 3 is 2.68 bits per heavy atom. The van der Waals surface area contributed by atoms with Crippen LogP contribution in [0.2, 0.25) is 5.02 Å². The average Bonchev–Trinajstić information content (AvgIpc) is 2.95. The second kappa shape index (κ2) is 8.14. The number of aliphatic carboxylic acids is 1. The van der Waals surface area contributed by atoms with E-state index in [0.717, 1.165) is 0 Å². The number of ether oxygens (including phenoxy) is 2. The van der Waals surface area contributed by atoms with Crippen molar-refractivity contribution in [3.63, 3.8) is 0 Å². The second-order valence-corrected chi connectivity index (χ2v) is 6.31. The van der Waals surface area contributed by atoms with Crippen LogP contribution < -0.4 is 14.5 Å². The molecule has 2 aromatic rings. The Morgan fingerprint density at radius 2 is 2.00 bits per heavy atom. The molecule has 2 aromatic carbocycles. The minimum Gasteiger partial charge on any atom is -0.493 e. The van der Waals surface area contributed by atoms with Gasteiger partial charge in [0.1, 0.15) is 0 Å². The van der Waals surface area contributed by atoms with E-state index in [9.17, 15) is 9.59 Å². The molecule has 0 aliphatic carbocycles. The molecular formula is C20H17ClN2O5. The number of nitrogens with zero attached hydrogens (tertiary/aromatic N) is 2. The molecule has 0 spiro atoms. The summed E-state index contributed by atoms with van der Waals surface area (Å²) in [6.45, 7) is 1.26. The molecule has 3 rings (SSSR count). The second-order valence-electron chi connectivity index (χ2n) is 5.90. The first-order chi connectivity index (χ1) is 13.4. The molecule has 1 aliphatic heterocycles. The van der Waals surface area contributed by atoms with Gasteiger partial charge in [-0.25, -0.2) is 4.79 Å². The van der Waals surface area contributed by atoms with Crippen molar-refractivity contribution >= 4 is 41.0 Å². The maximum absolute atomic E-state index is 12.8. The van der Waals surface area contributed by atoms with Gasteiger partial charge in [-0.1, -0.05) is 29.8 Å². The monoisotopic (exact) mass is 400 g/mol. The highest BCUT2D eigenvalue weighted by atomic mass is 35.5. The molecule has 0 saturated carbocycles. The van der Waals surface area contributed by atoms with Crippen molar-refractivity contribution < 1.29 is 24.2 Å². The molecule has 0 bridgehead atoms. The van der Waals surface area contributed by atoms with E-state index in [1.165, 1.54) is 12.1 Å². The van der Waals surface area contributed by atoms with Crippen molar-refractivity contribution in [2.75, 3.05) is 18.7 Å². The number of carboxylic acids is 1. The van der Waals surface area contributed by atoms with Crippen molar-refractivity contribution in [1.82, 2.24) is 0 Å². The summed E-state index contributed by atoms with van der Waals surface area (Å²) in [6.07, 6.45) is 1.68. The van der Waals surface area contributed by atoms with Crippen LogP contribution in [0, 0.1) is 0 Å². The number of carbonyl (C=O) groups is 2. The molecule has 1 aliphatic rings. The lowest BCUT2D eigenvalue weighted by Crippen LogP contribution is -2.21. The highest BCUT2D eigenvalue weighted by molar-refractivity contribution is 6.37. The standard InChI is InChI=1S/C20H17ClN2O5/c1-12-14(20(26)23(22-12)16-6-4-3-5-15(16)21)9-13-7-8-17(18(10-13)27-2)28-11-19(24)25/h3-10H,11H2,1-2H3,(H,24,25)/b14-9-. The fourth-order valence-corrected chi connectivity index (χ4v) is 2.89. The number of hydrazone groups is 1. The van der Waals surface area contributed by atoms with Crippen LogP contribution in [-0.2, 0) is 9.59 Å². The van der Waals surface area contributed by atoms with Crippen molar-refractivity contribution in [3.05, 3.63) is 58.6 Å². The van der Waals surface area contributed by atoms with E-state index in [0.29, 0.717) is 39.1 Å². The average molecular weight is 401 g/mol. The number of carboxylic acid groups (broad SMARTS) is 1. The van der Waals surface area contributed by atoms with Crippen molar-refractivity contribution in [3.8, 4) is 11.5 Å². The van der Waals surface area contributed by atoms with E-state index >= 15 is 0 Å². The summed E-state index contributed by atoms with van der Waals surface area (Å²) in [5.41, 5.74) is 2.15. The van der Waals surface area contributed by atoms with Crippen LogP contribution in [0.3, 0.4) is 0 Å². The largest absolute Gasteiger partial charge is 0.493 e. The van der Waals surface area contributed by atoms with Crippen LogP contribution in [0.4, 0.5) is 5.69 Å². The van der Waals surface area contributed by atoms with Gasteiger partial charge < -0.3 is 14.6 Å². The summed E-state index contributed by atoms with van der Waals surface area (Å²) in [5.74, 6) is -0.724. The van der Waals surface area contributed by atoms with Crippen LogP contribution >= 0.6 is 11.6 Å². The van der Waals surface area contributed by atoms with Gasteiger partial charge in [0, 0.05) is 0 Å². The first kappa shape index (κ1) is 19.4. The van der Waals surface area contributed by atoms with Gasteiger partial charge in [0.15, 0.2) is 18.1 Å². The summed E-state index contributed by atoms with van der Waals surface area (Å²) in [6, 6.07) is 11.9. The fourth-order valence-electron chi connectivity index (χ4n) is 2.67. The summed E-state index contributed by atoms with van der Waals surface area (Å²) in [5, 5.41) is 14.7. The van der Waals surface area contributed by atoms with Crippen LogP contribution in [0.15, 0.2) is 53.1 Å². The Bertz CT molecular complexity index is 1000. The molecule has 1 heterocycles. The highest BCUT2D eigenvalue weighted by Crippen LogP contribution is 2.32. The van der Waals surface area contributed by atoms with Gasteiger partial charge in [0.05, 0.1) is 29.1 Å². The predicted octanol–water partition coefficient (Wildman–Crippen LogP) is 3.62. The molecule has 0 aromatic heterocycles. The lowest BCUT2D eigenvalue weighted by molar-refractivity contribution is -0.139. The van der Waals surface area contributed by atoms with Crippen LogP contribution in [-0.4, -0.2) is 36.4 Å². The van der Waals surface area contributed by atoms with Gasteiger partial charge >= 0.3 is 5.97 Å². The van der Waals surface area contributed by atoms with E-state index in [1.54, 1.807) is 55.5 Å². The Morgan fingerprint density at radius 1 is 1.25 bits per heavy atom. The molecular weight excluding hydrogens is 384 g/mol. The fraction of sp³-hybridized carbons (Fsp3) is 0.150. The van der Waals surface area contributed by atoms with Gasteiger partial charge in [-0.05, 0) is 42.8 Å². The lowest BCUT2D eigenvalue weighted by Gasteiger charge is -2.13. The summed E-state index contributed by atoms with van der Waals surface area (Å²) in [4.78, 5) is 23.5. The number of amides is 1. The lowest BCUT2D eigenvalue weighted by atomic mass is 10.1. The van der Waals surface area contributed by atoms with Gasteiger partial charge in [0.25, 0.3) is 5.91 Å². The Labute approximate surface area is 166 Å². The van der Waals surface area contributed by atoms with Gasteiger partial charge in [-0.3, -0.25) is 4.79 Å². The molecule has 0 unspecified atom stereocenters. The summed E-state index contributed by atoms with van der Waals surface area (Å²) in [7, 11) is 1.45. The van der Waals surface area contributed by atoms with E-state index in [4.69, 9.17) is 26.2 Å². The number of hydrogen-bond donors (Lipinski definition) is 1. The molecule has 0 radical (unpaired) electrons. The van der Waals surface area contributed by atoms with Crippen molar-refractivity contribution in [2.24, 2.45) is 5.10 Å². The minimum absolute atomic E-state index is 0.296. The highest BCUT2D eigenvalue weighted by Gasteiger charge is 2.29. The van der Waals surface area contributed by atoms with Crippen LogP contribution in [0.1, 0.15) is 12.5 Å². The molecule has 1 amide bonds. The number of hydrogen-bond acceptors (Lipinski definition) is 5. The van der Waals surface area contributed by atoms with Crippen molar-refractivity contribution in [2.45, 2.75) is 6.92 Å². The molecule has 144 valence electrons. The Kier molecular flexibility index (Phi) is 5.65. The molecule has 0 saturated heterocycles. The third kappa shape index (κ3) is 3.99. The number of para-hydroxylation sites is 1. The van der Waals surface area contributed by atoms with Crippen molar-refractivity contribution in [1.29, 1.82) is 0 Å². The summed E-state index contributed by atoms with van der Waals surface area (Å²) < 4.78 is 10.4. The van der Waals surface area contributed by atoms with Gasteiger partial charge in [0.2, 0.25) is 0 Å². The molecule has 28 heavy (non-hydrogen) atoms. The van der Waals surface area contributed by atoms with E-state index in [1.807, 2.05) is 0 Å². The smallest absolute Gasteiger partial charge is 0.341 e. The van der Waals surface area contributed by atoms with Gasteiger partial charge in [-0.15, -0.1) is 0 Å². The SMILES string of the molecule is COc1cc(/C=C2\C(=O)N(c3ccccc3Cl)N=C2C)ccc1OCC(=O)O. The number of rotatable bonds is 6. The zero-order valence-electron chi connectivity index (χ0n) is 15.2. The van der Waals surface area contributed by atoms with Gasteiger partial charge in [-0.2, -0.15) is 10.1 Å². The Hall–Kier alpha value is -3.32. The Balaban J connectivity index is 1.89. The maximum Gasteiger partial charge on any atom is 0.341 e. The third-order valence-corrected chi connectivity index (χ3v) is 4.31. The zero-order valence-corrected chi connectivity index (χ0v) is 15.9. The molecule has 7 nitrogen and oxygen atoms in total. The molecule has 8 heteroatoms. The number of carbonyl (C=O) groups excluding carboxylic acids is 1. The number of anilines is 1. The first-order valence-corrected chi connectivity index (χ1v) is 8.67. The number of benzene rings is 2. The van der Waals surface area contributed by atoms with Crippen LogP contribution in [0.25, 0.3) is 6.08 Å². The minimum atomic E-state index is -1.09. The third-order valence-electron chi connectivity index (χ3n) is 3.99. The van der Waals surface area contributed by atoms with Crippen LogP contribution in [0.5, 0.6) is 11.5 Å². The van der Waals surface area contributed by atoms with E-state index in [-0.39, 0.29) is 5.91 Å². The topological polar surface area (TPSA) is 88.4 Å². The van der Waals surface area contributed by atoms with E-state index in [2.05, 4.69) is 5.10 Å². The summed E-state index contributed by atoms with van der Waals surface area (Å²) >= 11 is 6.18. The predicted molar refractivity (Wildman–Crippen MR) is 106 cm³/mol. The molecule has 0 fully saturated rings. The molecule has 0 atom stereocenters. The number of halogens is 1. The maximum atomic E-state index is 12.8.